The van der Waals surface area contributed by atoms with Gasteiger partial charge in [0.05, 0.1) is 30.1 Å². The molecule has 5 heterocycles. The highest BCUT2D eigenvalue weighted by Crippen LogP contribution is 2.42. The van der Waals surface area contributed by atoms with E-state index in [9.17, 15) is 29.1 Å². The lowest BCUT2D eigenvalue weighted by Gasteiger charge is -2.40. The maximum absolute atomic E-state index is 14.7. The molecule has 6 bridgehead atoms. The molecule has 1 saturated carbocycles. The number of rotatable bonds is 11. The van der Waals surface area contributed by atoms with Crippen LogP contribution in [-0.2, 0) is 52.8 Å². The second kappa shape index (κ2) is 19.4. The number of amides is 4. The van der Waals surface area contributed by atoms with Crippen molar-refractivity contribution < 1.29 is 38.6 Å². The molecule has 358 valence electrons. The van der Waals surface area contributed by atoms with Crippen LogP contribution in [0.5, 0.6) is 5.75 Å². The minimum Gasteiger partial charge on any atom is -0.508 e. The third-order valence-electron chi connectivity index (χ3n) is 13.9. The smallest absolute Gasteiger partial charge is 0.324 e. The predicted molar refractivity (Wildman–Crippen MR) is 253 cm³/mol. The number of likely N-dealkylation sites (N-methyl/N-ethyl adjacent to an activating group) is 1. The quantitative estimate of drug-likeness (QED) is 0.102. The fourth-order valence-corrected chi connectivity index (χ4v) is 10.2. The molecule has 8 rings (SSSR count). The number of methoxy groups -OCH3 is 1. The Morgan fingerprint density at radius 1 is 1.06 bits per heavy atom. The molecule has 2 aromatic carbocycles. The van der Waals surface area contributed by atoms with Gasteiger partial charge in [0.25, 0.3) is 5.91 Å². The first-order valence-electron chi connectivity index (χ1n) is 23.8. The Hall–Kier alpha value is -5.84. The van der Waals surface area contributed by atoms with Crippen molar-refractivity contribution >= 4 is 40.5 Å². The van der Waals surface area contributed by atoms with Gasteiger partial charge in [0, 0.05) is 80.3 Å². The summed E-state index contributed by atoms with van der Waals surface area (Å²) in [6.07, 6.45) is 3.96. The standard InChI is InChI=1S/C51H66N8O8/c1-9-58-42-15-14-31-24-37(42)38(45(58)36-12-10-16-52-43(36)29(4)66-8)25-51(5,6)27-67-50(65)39-13-11-17-59(56-39)49(64)40(20-30-18-32(31)23-35(60)19-30)55-47(62)44(28(2)3)57(7)48(63)33-21-34(22-33)54-46(61)41-26-53-41/h10,12,14-16,18-19,23-24,28-29,33-34,39-41,44,53,56,60H,9,11,13,17,20-22,25-27H2,1-8H3,(H,54,61)(H,55,62)/t29-,33-,34-,39-,40-,41+,44-/m0/s1. The fraction of sp³-hybridized carbons (Fsp3) is 0.529. The Kier molecular flexibility index (Phi) is 13.8. The second-order valence-corrected chi connectivity index (χ2v) is 20.0. The van der Waals surface area contributed by atoms with Gasteiger partial charge >= 0.3 is 5.97 Å². The van der Waals surface area contributed by atoms with Crippen LogP contribution >= 0.6 is 0 Å². The fourth-order valence-electron chi connectivity index (χ4n) is 10.2. The number of nitrogens with zero attached hydrogens (tertiary/aromatic N) is 4. The van der Waals surface area contributed by atoms with Gasteiger partial charge in [0.2, 0.25) is 17.7 Å². The van der Waals surface area contributed by atoms with Crippen LogP contribution in [-0.4, -0.2) is 118 Å². The van der Waals surface area contributed by atoms with Crippen LogP contribution < -0.4 is 21.4 Å². The van der Waals surface area contributed by atoms with Gasteiger partial charge in [0.15, 0.2) is 0 Å². The van der Waals surface area contributed by atoms with Gasteiger partial charge < -0.3 is 40.0 Å². The number of carbonyl (C=O) groups is 5. The molecular weight excluding hydrogens is 853 g/mol. The molecule has 16 nitrogen and oxygen atoms in total. The second-order valence-electron chi connectivity index (χ2n) is 20.0. The Morgan fingerprint density at radius 3 is 2.52 bits per heavy atom. The molecule has 5 N–H and O–H groups in total. The molecule has 4 aliphatic rings. The Labute approximate surface area is 392 Å². The van der Waals surface area contributed by atoms with Gasteiger partial charge in [-0.2, -0.15) is 0 Å². The monoisotopic (exact) mass is 919 g/mol. The number of hydrogen-bond donors (Lipinski definition) is 5. The number of aryl methyl sites for hydroxylation is 1. The van der Waals surface area contributed by atoms with Crippen LogP contribution in [0.1, 0.15) is 90.2 Å². The van der Waals surface area contributed by atoms with Gasteiger partial charge in [0.1, 0.15) is 23.9 Å². The average molecular weight is 919 g/mol. The van der Waals surface area contributed by atoms with Crippen molar-refractivity contribution in [3.8, 4) is 28.1 Å². The number of phenolic OH excluding ortho intramolecular Hbond substituents is 1. The maximum atomic E-state index is 14.7. The first-order chi connectivity index (χ1) is 32.0. The van der Waals surface area contributed by atoms with Crippen LogP contribution in [0.15, 0.2) is 54.7 Å². The number of ether oxygens (including phenoxy) is 2. The van der Waals surface area contributed by atoms with Crippen molar-refractivity contribution in [1.82, 2.24) is 40.8 Å². The first kappa shape index (κ1) is 47.6. The number of nitrogens with one attached hydrogen (secondary N) is 4. The molecular formula is C51H66N8O8. The largest absolute Gasteiger partial charge is 0.508 e. The SMILES string of the molecule is CCn1c(-c2cccnc2[C@H](C)OC)c2c3cc(ccc31)-c1cc(O)cc(c1)C[C@H](NC(=O)[C@H](C(C)C)N(C)C(=O)[C@H]1C[C@H](NC(=O)[C@H]3CN3)C1)C(=O)N1CCC[C@H](N1)C(=O)OCC(C)(C)C2. The zero-order valence-corrected chi connectivity index (χ0v) is 40.0. The van der Waals surface area contributed by atoms with E-state index in [0.717, 1.165) is 44.5 Å². The van der Waals surface area contributed by atoms with Gasteiger partial charge in [-0.05, 0) is 111 Å². The average Bonchev–Trinajstić information content (AvgIpc) is 4.11. The lowest BCUT2D eigenvalue weighted by molar-refractivity contribution is -0.155. The summed E-state index contributed by atoms with van der Waals surface area (Å²) >= 11 is 0. The number of carbonyl (C=O) groups excluding carboxylic acids is 5. The zero-order valence-electron chi connectivity index (χ0n) is 40.0. The van der Waals surface area contributed by atoms with E-state index in [4.69, 9.17) is 14.5 Å². The van der Waals surface area contributed by atoms with Crippen molar-refractivity contribution in [2.45, 2.75) is 123 Å². The van der Waals surface area contributed by atoms with Gasteiger partial charge in [-0.25, -0.2) is 5.43 Å². The minimum atomic E-state index is -1.15. The summed E-state index contributed by atoms with van der Waals surface area (Å²) in [6.45, 7) is 13.7. The van der Waals surface area contributed by atoms with Crippen molar-refractivity contribution in [3.63, 3.8) is 0 Å². The van der Waals surface area contributed by atoms with Crippen LogP contribution in [0, 0.1) is 17.3 Å². The summed E-state index contributed by atoms with van der Waals surface area (Å²) in [5.74, 6) is -2.39. The topological polar surface area (TPSA) is 206 Å². The Balaban J connectivity index is 1.16. The molecule has 2 saturated heterocycles. The van der Waals surface area contributed by atoms with E-state index in [-0.39, 0.29) is 67.2 Å². The van der Waals surface area contributed by atoms with Crippen LogP contribution in [0.3, 0.4) is 0 Å². The van der Waals surface area contributed by atoms with E-state index in [1.807, 2.05) is 39.0 Å². The van der Waals surface area contributed by atoms with E-state index >= 15 is 0 Å². The minimum absolute atomic E-state index is 0.00110. The molecule has 0 spiro atoms. The first-order valence-corrected chi connectivity index (χ1v) is 23.8. The van der Waals surface area contributed by atoms with E-state index in [0.29, 0.717) is 50.8 Å². The van der Waals surface area contributed by atoms with Crippen molar-refractivity contribution in [2.24, 2.45) is 17.3 Å². The number of pyridine rings is 1. The van der Waals surface area contributed by atoms with Crippen LogP contribution in [0.4, 0.5) is 0 Å². The molecule has 3 aliphatic heterocycles. The molecule has 1 aliphatic carbocycles. The molecule has 16 heteroatoms. The van der Waals surface area contributed by atoms with Gasteiger partial charge in [-0.1, -0.05) is 39.8 Å². The number of hydrazine groups is 1. The summed E-state index contributed by atoms with van der Waals surface area (Å²) in [4.78, 5) is 75.5. The van der Waals surface area contributed by atoms with E-state index in [2.05, 4.69) is 64.9 Å². The molecule has 5 atom stereocenters. The number of aromatic hydroxyl groups is 1. The lowest BCUT2D eigenvalue weighted by atomic mass is 9.78. The summed E-state index contributed by atoms with van der Waals surface area (Å²) in [7, 11) is 3.28. The normalized spacial score (nSPS) is 23.7. The van der Waals surface area contributed by atoms with E-state index in [1.54, 1.807) is 32.5 Å². The number of phenols is 1. The highest BCUT2D eigenvalue weighted by molar-refractivity contribution is 5.96. The lowest BCUT2D eigenvalue weighted by Crippen LogP contribution is -2.62. The number of aromatic nitrogens is 2. The van der Waals surface area contributed by atoms with Crippen LogP contribution in [0.2, 0.25) is 0 Å². The van der Waals surface area contributed by atoms with E-state index in [1.165, 1.54) is 9.91 Å². The molecule has 2 aromatic heterocycles. The predicted octanol–water partition coefficient (Wildman–Crippen LogP) is 4.80. The highest BCUT2D eigenvalue weighted by Gasteiger charge is 2.43. The van der Waals surface area contributed by atoms with E-state index < -0.39 is 41.3 Å². The summed E-state index contributed by atoms with van der Waals surface area (Å²) < 4.78 is 14.2. The van der Waals surface area contributed by atoms with Gasteiger partial charge in [-0.3, -0.25) is 34.0 Å². The molecule has 67 heavy (non-hydrogen) atoms. The Bertz CT molecular complexity index is 2540. The van der Waals surface area contributed by atoms with Crippen molar-refractivity contribution in [1.29, 1.82) is 0 Å². The number of cyclic esters (lactones) is 1. The number of hydrogen-bond acceptors (Lipinski definition) is 11. The van der Waals surface area contributed by atoms with Crippen molar-refractivity contribution in [3.05, 3.63) is 71.5 Å². The summed E-state index contributed by atoms with van der Waals surface area (Å²) in [6, 6.07) is 12.3. The third kappa shape index (κ3) is 10.1. The number of benzene rings is 2. The Morgan fingerprint density at radius 2 is 1.82 bits per heavy atom. The molecule has 0 unspecified atom stereocenters. The number of fused-ring (bicyclic) bond motifs is 6. The molecule has 4 amide bonds. The maximum Gasteiger partial charge on any atom is 0.324 e. The third-order valence-corrected chi connectivity index (χ3v) is 13.9. The highest BCUT2D eigenvalue weighted by atomic mass is 16.5. The summed E-state index contributed by atoms with van der Waals surface area (Å²) in [5.41, 5.74) is 9.58. The zero-order chi connectivity index (χ0) is 47.9. The van der Waals surface area contributed by atoms with Crippen LogP contribution in [0.25, 0.3) is 33.3 Å². The molecule has 0 radical (unpaired) electrons. The molecule has 3 fully saturated rings. The molecule has 4 aromatic rings. The summed E-state index contributed by atoms with van der Waals surface area (Å²) in [5, 5.41) is 22.7. The number of esters is 1. The van der Waals surface area contributed by atoms with Gasteiger partial charge in [-0.15, -0.1) is 0 Å². The van der Waals surface area contributed by atoms with Crippen molar-refractivity contribution in [2.75, 3.05) is 33.9 Å².